The van der Waals surface area contributed by atoms with Crippen LogP contribution in [0.1, 0.15) is 34.1 Å². The van der Waals surface area contributed by atoms with Crippen LogP contribution in [0.5, 0.6) is 0 Å². The van der Waals surface area contributed by atoms with Crippen molar-refractivity contribution in [3.8, 4) is 0 Å². The molecule has 98 valence electrons. The van der Waals surface area contributed by atoms with Crippen molar-refractivity contribution < 1.29 is 5.11 Å². The van der Waals surface area contributed by atoms with Crippen molar-refractivity contribution in [1.29, 1.82) is 0 Å². The van der Waals surface area contributed by atoms with Crippen LogP contribution in [0.15, 0.2) is 60.7 Å². The third-order valence-electron chi connectivity index (χ3n) is 4.41. The Morgan fingerprint density at radius 2 is 1.15 bits per heavy atom. The van der Waals surface area contributed by atoms with E-state index in [4.69, 9.17) is 0 Å². The van der Waals surface area contributed by atoms with Gasteiger partial charge in [0.15, 0.2) is 0 Å². The average Bonchev–Trinajstić information content (AvgIpc) is 3.11. The van der Waals surface area contributed by atoms with Gasteiger partial charge in [0, 0.05) is 11.8 Å². The van der Waals surface area contributed by atoms with Crippen LogP contribution in [0.2, 0.25) is 0 Å². The van der Waals surface area contributed by atoms with Crippen molar-refractivity contribution in [3.05, 3.63) is 82.9 Å². The van der Waals surface area contributed by atoms with Crippen LogP contribution in [0.4, 0.5) is 0 Å². The SMILES string of the molecule is OC(C1C=Cc2ccccc21)C1C=Cc2ccccc21. The van der Waals surface area contributed by atoms with Crippen LogP contribution in [-0.4, -0.2) is 11.2 Å². The summed E-state index contributed by atoms with van der Waals surface area (Å²) in [5.41, 5.74) is 4.93. The number of hydrogen-bond acceptors (Lipinski definition) is 1. The third kappa shape index (κ3) is 1.67. The van der Waals surface area contributed by atoms with Gasteiger partial charge in [-0.2, -0.15) is 0 Å². The lowest BCUT2D eigenvalue weighted by Crippen LogP contribution is -2.22. The molecule has 0 aliphatic heterocycles. The van der Waals surface area contributed by atoms with Crippen molar-refractivity contribution >= 4 is 12.2 Å². The van der Waals surface area contributed by atoms with Crippen molar-refractivity contribution in [2.24, 2.45) is 0 Å². The van der Waals surface area contributed by atoms with Crippen LogP contribution in [0, 0.1) is 0 Å². The average molecular weight is 260 g/mol. The minimum atomic E-state index is -0.408. The van der Waals surface area contributed by atoms with E-state index in [1.54, 1.807) is 0 Å². The molecule has 2 aromatic carbocycles. The molecule has 0 spiro atoms. The Morgan fingerprint density at radius 1 is 0.700 bits per heavy atom. The number of aliphatic hydroxyl groups is 1. The summed E-state index contributed by atoms with van der Waals surface area (Å²) in [5, 5.41) is 10.8. The van der Waals surface area contributed by atoms with E-state index >= 15 is 0 Å². The molecule has 0 saturated carbocycles. The highest BCUT2D eigenvalue weighted by Gasteiger charge is 2.32. The van der Waals surface area contributed by atoms with Crippen molar-refractivity contribution in [2.75, 3.05) is 0 Å². The number of fused-ring (bicyclic) bond motifs is 2. The van der Waals surface area contributed by atoms with Gasteiger partial charge in [0.05, 0.1) is 6.10 Å². The zero-order valence-corrected chi connectivity index (χ0v) is 11.1. The Kier molecular flexibility index (Phi) is 2.61. The fourth-order valence-electron chi connectivity index (χ4n) is 3.37. The molecular weight excluding hydrogens is 244 g/mol. The second kappa shape index (κ2) is 4.46. The van der Waals surface area contributed by atoms with Crippen LogP contribution >= 0.6 is 0 Å². The molecule has 2 atom stereocenters. The number of rotatable bonds is 2. The first-order valence-electron chi connectivity index (χ1n) is 7.07. The van der Waals surface area contributed by atoms with Crippen LogP contribution in [-0.2, 0) is 0 Å². The van der Waals surface area contributed by atoms with E-state index in [1.807, 2.05) is 24.3 Å². The first-order valence-corrected chi connectivity index (χ1v) is 7.07. The largest absolute Gasteiger partial charge is 0.391 e. The molecule has 2 unspecified atom stereocenters. The van der Waals surface area contributed by atoms with Gasteiger partial charge >= 0.3 is 0 Å². The van der Waals surface area contributed by atoms with Crippen LogP contribution in [0.3, 0.4) is 0 Å². The second-order valence-corrected chi connectivity index (χ2v) is 5.52. The highest BCUT2D eigenvalue weighted by molar-refractivity contribution is 5.65. The van der Waals surface area contributed by atoms with Gasteiger partial charge in [-0.3, -0.25) is 0 Å². The lowest BCUT2D eigenvalue weighted by molar-refractivity contribution is 0.145. The van der Waals surface area contributed by atoms with E-state index in [-0.39, 0.29) is 11.8 Å². The second-order valence-electron chi connectivity index (χ2n) is 5.52. The number of hydrogen-bond donors (Lipinski definition) is 1. The zero-order chi connectivity index (χ0) is 13.5. The first-order chi connectivity index (χ1) is 9.84. The Hall–Kier alpha value is -2.12. The maximum Gasteiger partial charge on any atom is 0.0746 e. The van der Waals surface area contributed by atoms with Crippen molar-refractivity contribution in [2.45, 2.75) is 17.9 Å². The van der Waals surface area contributed by atoms with Gasteiger partial charge in [0.25, 0.3) is 0 Å². The molecule has 1 heteroatoms. The summed E-state index contributed by atoms with van der Waals surface area (Å²) in [4.78, 5) is 0. The maximum absolute atomic E-state index is 10.8. The molecule has 1 nitrogen and oxygen atoms in total. The summed E-state index contributed by atoms with van der Waals surface area (Å²) >= 11 is 0. The molecule has 0 radical (unpaired) electrons. The molecule has 2 aliphatic carbocycles. The van der Waals surface area contributed by atoms with E-state index in [2.05, 4.69) is 48.6 Å². The smallest absolute Gasteiger partial charge is 0.0746 e. The van der Waals surface area contributed by atoms with Crippen molar-refractivity contribution in [3.63, 3.8) is 0 Å². The van der Waals surface area contributed by atoms with Gasteiger partial charge in [0.2, 0.25) is 0 Å². The van der Waals surface area contributed by atoms with Gasteiger partial charge in [-0.15, -0.1) is 0 Å². The summed E-state index contributed by atoms with van der Waals surface area (Å²) in [5.74, 6) is 0.180. The molecule has 20 heavy (non-hydrogen) atoms. The molecule has 2 aliphatic rings. The molecule has 0 amide bonds. The number of aliphatic hydroxyl groups excluding tert-OH is 1. The molecular formula is C19H16O. The molecule has 1 N–H and O–H groups in total. The predicted molar refractivity (Wildman–Crippen MR) is 82.4 cm³/mol. The highest BCUT2D eigenvalue weighted by atomic mass is 16.3. The molecule has 4 rings (SSSR count). The van der Waals surface area contributed by atoms with E-state index in [1.165, 1.54) is 22.3 Å². The Morgan fingerprint density at radius 3 is 1.65 bits per heavy atom. The summed E-state index contributed by atoms with van der Waals surface area (Å²) < 4.78 is 0. The van der Waals surface area contributed by atoms with Gasteiger partial charge < -0.3 is 5.11 Å². The monoisotopic (exact) mass is 260 g/mol. The van der Waals surface area contributed by atoms with Gasteiger partial charge in [-0.1, -0.05) is 72.8 Å². The molecule has 2 aromatic rings. The van der Waals surface area contributed by atoms with Crippen molar-refractivity contribution in [1.82, 2.24) is 0 Å². The summed E-state index contributed by atoms with van der Waals surface area (Å²) in [6, 6.07) is 16.6. The first kappa shape index (κ1) is 11.7. The normalized spacial score (nSPS) is 23.6. The lowest BCUT2D eigenvalue weighted by atomic mass is 9.84. The van der Waals surface area contributed by atoms with Crippen LogP contribution in [0.25, 0.3) is 12.2 Å². The highest BCUT2D eigenvalue weighted by Crippen LogP contribution is 2.41. The minimum Gasteiger partial charge on any atom is -0.391 e. The topological polar surface area (TPSA) is 20.2 Å². The zero-order valence-electron chi connectivity index (χ0n) is 11.1. The number of benzene rings is 2. The van der Waals surface area contributed by atoms with Gasteiger partial charge in [-0.25, -0.2) is 0 Å². The minimum absolute atomic E-state index is 0.0898. The molecule has 0 aromatic heterocycles. The van der Waals surface area contributed by atoms with E-state index in [9.17, 15) is 5.11 Å². The summed E-state index contributed by atoms with van der Waals surface area (Å²) in [6.45, 7) is 0. The summed E-state index contributed by atoms with van der Waals surface area (Å²) in [6.07, 6.45) is 8.09. The maximum atomic E-state index is 10.8. The quantitative estimate of drug-likeness (QED) is 0.866. The third-order valence-corrected chi connectivity index (χ3v) is 4.41. The molecule has 0 saturated heterocycles. The van der Waals surface area contributed by atoms with Crippen LogP contribution < -0.4 is 0 Å². The van der Waals surface area contributed by atoms with Gasteiger partial charge in [0.1, 0.15) is 0 Å². The fourth-order valence-corrected chi connectivity index (χ4v) is 3.37. The predicted octanol–water partition coefficient (Wildman–Crippen LogP) is 3.97. The Labute approximate surface area is 118 Å². The van der Waals surface area contributed by atoms with Gasteiger partial charge in [-0.05, 0) is 22.3 Å². The van der Waals surface area contributed by atoms with E-state index in [0.29, 0.717) is 0 Å². The van der Waals surface area contributed by atoms with E-state index < -0.39 is 6.10 Å². The molecule has 0 heterocycles. The lowest BCUT2D eigenvalue weighted by Gasteiger charge is -2.24. The Bertz CT molecular complexity index is 650. The fraction of sp³-hybridized carbons (Fsp3) is 0.158. The standard InChI is InChI=1S/C19H16O/c20-19(17-11-9-13-5-1-3-7-15(13)17)18-12-10-14-6-2-4-8-16(14)18/h1-12,17-20H. The molecule has 0 bridgehead atoms. The molecule has 0 fully saturated rings. The summed E-state index contributed by atoms with van der Waals surface area (Å²) in [7, 11) is 0. The van der Waals surface area contributed by atoms with E-state index in [0.717, 1.165) is 0 Å². The Balaban J connectivity index is 1.69.